The van der Waals surface area contributed by atoms with Crippen LogP contribution in [0.4, 0.5) is 0 Å². The highest BCUT2D eigenvalue weighted by molar-refractivity contribution is 5.94. The molecule has 26 heavy (non-hydrogen) atoms. The smallest absolute Gasteiger partial charge is 0.251 e. The van der Waals surface area contributed by atoms with Gasteiger partial charge in [-0.2, -0.15) is 0 Å². The van der Waals surface area contributed by atoms with Crippen molar-refractivity contribution in [1.82, 2.24) is 10.2 Å². The van der Waals surface area contributed by atoms with Crippen molar-refractivity contribution in [1.29, 1.82) is 0 Å². The molecular weight excluding hydrogens is 328 g/mol. The summed E-state index contributed by atoms with van der Waals surface area (Å²) in [5, 5.41) is 13.4. The van der Waals surface area contributed by atoms with Crippen LogP contribution in [0.3, 0.4) is 0 Å². The van der Waals surface area contributed by atoms with E-state index in [1.54, 1.807) is 12.1 Å². The summed E-state index contributed by atoms with van der Waals surface area (Å²) in [4.78, 5) is 26.4. The molecular formula is C21H32N2O3. The molecule has 144 valence electrons. The molecule has 2 rings (SSSR count). The lowest BCUT2D eigenvalue weighted by Gasteiger charge is -2.43. The number of benzene rings is 1. The van der Waals surface area contributed by atoms with Gasteiger partial charge in [-0.25, -0.2) is 0 Å². The van der Waals surface area contributed by atoms with Gasteiger partial charge in [0.2, 0.25) is 5.91 Å². The molecule has 0 radical (unpaired) electrons. The number of rotatable bonds is 6. The lowest BCUT2D eigenvalue weighted by atomic mass is 9.78. The summed E-state index contributed by atoms with van der Waals surface area (Å²) >= 11 is 0. The van der Waals surface area contributed by atoms with E-state index in [9.17, 15) is 14.7 Å². The van der Waals surface area contributed by atoms with Crippen molar-refractivity contribution < 1.29 is 14.7 Å². The molecule has 0 aliphatic carbocycles. The van der Waals surface area contributed by atoms with Crippen LogP contribution in [0.2, 0.25) is 0 Å². The molecule has 1 saturated heterocycles. The Bertz CT molecular complexity index is 623. The van der Waals surface area contributed by atoms with E-state index in [1.165, 1.54) is 0 Å². The van der Waals surface area contributed by atoms with Crippen LogP contribution >= 0.6 is 0 Å². The maximum Gasteiger partial charge on any atom is 0.251 e. The first-order valence-corrected chi connectivity index (χ1v) is 9.54. The summed E-state index contributed by atoms with van der Waals surface area (Å²) in [5.74, 6) is 0.466. The Morgan fingerprint density at radius 1 is 1.31 bits per heavy atom. The highest BCUT2D eigenvalue weighted by atomic mass is 16.3. The molecule has 2 amide bonds. The Kier molecular flexibility index (Phi) is 6.81. The second-order valence-electron chi connectivity index (χ2n) is 8.15. The summed E-state index contributed by atoms with van der Waals surface area (Å²) in [7, 11) is 0. The average Bonchev–Trinajstić information content (AvgIpc) is 2.56. The summed E-state index contributed by atoms with van der Waals surface area (Å²) < 4.78 is 0. The van der Waals surface area contributed by atoms with Crippen LogP contribution in [0.25, 0.3) is 0 Å². The van der Waals surface area contributed by atoms with E-state index in [4.69, 9.17) is 0 Å². The van der Waals surface area contributed by atoms with E-state index in [0.717, 1.165) is 12.0 Å². The number of amides is 2. The second kappa shape index (κ2) is 8.67. The topological polar surface area (TPSA) is 69.6 Å². The molecule has 1 aliphatic heterocycles. The molecule has 1 fully saturated rings. The van der Waals surface area contributed by atoms with Gasteiger partial charge in [-0.05, 0) is 44.7 Å². The van der Waals surface area contributed by atoms with E-state index < -0.39 is 5.60 Å². The van der Waals surface area contributed by atoms with Gasteiger partial charge < -0.3 is 15.3 Å². The predicted octanol–water partition coefficient (Wildman–Crippen LogP) is 2.76. The van der Waals surface area contributed by atoms with Gasteiger partial charge in [-0.3, -0.25) is 9.59 Å². The second-order valence-corrected chi connectivity index (χ2v) is 8.15. The number of aryl methyl sites for hydroxylation is 1. The number of piperidine rings is 1. The van der Waals surface area contributed by atoms with Crippen molar-refractivity contribution in [2.45, 2.75) is 52.6 Å². The first kappa shape index (κ1) is 20.4. The Balaban J connectivity index is 1.82. The number of nitrogens with zero attached hydrogens (tertiary/aromatic N) is 1. The molecule has 5 nitrogen and oxygen atoms in total. The number of hydrogen-bond acceptors (Lipinski definition) is 3. The standard InChI is InChI=1S/C21H32N2O3/c1-15(2)13-18-14-23(12-10-21(18,4)26)19(24)9-11-22-20(25)17-7-5-16(3)6-8-17/h5-8,15,18,26H,9-14H2,1-4H3,(H,22,25)/t18-,21+/m0/s1. The Morgan fingerprint density at radius 3 is 2.58 bits per heavy atom. The van der Waals surface area contributed by atoms with E-state index >= 15 is 0 Å². The molecule has 0 saturated carbocycles. The highest BCUT2D eigenvalue weighted by Crippen LogP contribution is 2.32. The summed E-state index contributed by atoms with van der Waals surface area (Å²) in [6.07, 6.45) is 1.79. The first-order chi connectivity index (χ1) is 12.2. The van der Waals surface area contributed by atoms with Crippen LogP contribution in [0.5, 0.6) is 0 Å². The maximum absolute atomic E-state index is 12.5. The molecule has 2 N–H and O–H groups in total. The number of likely N-dealkylation sites (tertiary alicyclic amines) is 1. The third-order valence-electron chi connectivity index (χ3n) is 5.25. The molecule has 0 unspecified atom stereocenters. The van der Waals surface area contributed by atoms with Gasteiger partial charge >= 0.3 is 0 Å². The molecule has 5 heteroatoms. The first-order valence-electron chi connectivity index (χ1n) is 9.54. The van der Waals surface area contributed by atoms with Crippen molar-refractivity contribution in [3.8, 4) is 0 Å². The summed E-state index contributed by atoms with van der Waals surface area (Å²) in [6, 6.07) is 7.37. The normalized spacial score (nSPS) is 23.2. The van der Waals surface area contributed by atoms with Crippen LogP contribution in [0, 0.1) is 18.8 Å². The van der Waals surface area contributed by atoms with Crippen LogP contribution in [0.1, 0.15) is 56.0 Å². The van der Waals surface area contributed by atoms with E-state index in [1.807, 2.05) is 30.9 Å². The number of aliphatic hydroxyl groups is 1. The zero-order valence-electron chi connectivity index (χ0n) is 16.4. The quantitative estimate of drug-likeness (QED) is 0.819. The SMILES string of the molecule is Cc1ccc(C(=O)NCCC(=O)N2CC[C@@](C)(O)[C@@H](CC(C)C)C2)cc1. The fourth-order valence-electron chi connectivity index (χ4n) is 3.49. The zero-order valence-corrected chi connectivity index (χ0v) is 16.4. The molecule has 1 aromatic carbocycles. The van der Waals surface area contributed by atoms with Gasteiger partial charge in [0.05, 0.1) is 5.60 Å². The van der Waals surface area contributed by atoms with Crippen LogP contribution < -0.4 is 5.32 Å². The zero-order chi connectivity index (χ0) is 19.3. The molecule has 0 aromatic heterocycles. The van der Waals surface area contributed by atoms with Gasteiger partial charge in [0, 0.05) is 37.5 Å². The van der Waals surface area contributed by atoms with Crippen LogP contribution in [-0.4, -0.2) is 47.1 Å². The monoisotopic (exact) mass is 360 g/mol. The van der Waals surface area contributed by atoms with Crippen LogP contribution in [-0.2, 0) is 4.79 Å². The van der Waals surface area contributed by atoms with Crippen molar-refractivity contribution in [3.63, 3.8) is 0 Å². The van der Waals surface area contributed by atoms with Crippen molar-refractivity contribution in [2.75, 3.05) is 19.6 Å². The minimum absolute atomic E-state index is 0.0402. The maximum atomic E-state index is 12.5. The fourth-order valence-corrected chi connectivity index (χ4v) is 3.49. The Morgan fingerprint density at radius 2 is 1.96 bits per heavy atom. The van der Waals surface area contributed by atoms with Gasteiger partial charge in [0.15, 0.2) is 0 Å². The van der Waals surface area contributed by atoms with Crippen LogP contribution in [0.15, 0.2) is 24.3 Å². The molecule has 1 aromatic rings. The minimum Gasteiger partial charge on any atom is -0.390 e. The van der Waals surface area contributed by atoms with E-state index in [0.29, 0.717) is 37.5 Å². The molecule has 0 spiro atoms. The highest BCUT2D eigenvalue weighted by Gasteiger charge is 2.38. The van der Waals surface area contributed by atoms with E-state index in [2.05, 4.69) is 19.2 Å². The largest absolute Gasteiger partial charge is 0.390 e. The van der Waals surface area contributed by atoms with Crippen molar-refractivity contribution >= 4 is 11.8 Å². The van der Waals surface area contributed by atoms with Gasteiger partial charge in [-0.15, -0.1) is 0 Å². The third kappa shape index (κ3) is 5.56. The number of nitrogens with one attached hydrogen (secondary N) is 1. The molecule has 1 aliphatic rings. The minimum atomic E-state index is -0.708. The number of hydrogen-bond donors (Lipinski definition) is 2. The lowest BCUT2D eigenvalue weighted by Crippen LogP contribution is -2.52. The molecule has 2 atom stereocenters. The lowest BCUT2D eigenvalue weighted by molar-refractivity contribution is -0.139. The predicted molar refractivity (Wildman–Crippen MR) is 103 cm³/mol. The number of carbonyl (C=O) groups is 2. The molecule has 1 heterocycles. The van der Waals surface area contributed by atoms with E-state index in [-0.39, 0.29) is 24.2 Å². The average molecular weight is 360 g/mol. The Labute approximate surface area is 156 Å². The van der Waals surface area contributed by atoms with Gasteiger partial charge in [0.1, 0.15) is 0 Å². The third-order valence-corrected chi connectivity index (χ3v) is 5.25. The van der Waals surface area contributed by atoms with Gasteiger partial charge in [-0.1, -0.05) is 31.5 Å². The van der Waals surface area contributed by atoms with Gasteiger partial charge in [0.25, 0.3) is 5.91 Å². The molecule has 0 bridgehead atoms. The fraction of sp³-hybridized carbons (Fsp3) is 0.619. The van der Waals surface area contributed by atoms with Crippen molar-refractivity contribution in [2.24, 2.45) is 11.8 Å². The number of carbonyl (C=O) groups excluding carboxylic acids is 2. The van der Waals surface area contributed by atoms with Crippen molar-refractivity contribution in [3.05, 3.63) is 35.4 Å². The summed E-state index contributed by atoms with van der Waals surface area (Å²) in [5.41, 5.74) is 1.00. The summed E-state index contributed by atoms with van der Waals surface area (Å²) in [6.45, 7) is 9.62. The Hall–Kier alpha value is -1.88.